The predicted octanol–water partition coefficient (Wildman–Crippen LogP) is 3.44. The van der Waals surface area contributed by atoms with Gasteiger partial charge in [-0.05, 0) is 61.4 Å². The fourth-order valence-corrected chi connectivity index (χ4v) is 5.02. The van der Waals surface area contributed by atoms with E-state index in [4.69, 9.17) is 0 Å². The van der Waals surface area contributed by atoms with Gasteiger partial charge < -0.3 is 15.1 Å². The monoisotopic (exact) mass is 504 g/mol. The molecule has 198 valence electrons. The molecule has 9 nitrogen and oxygen atoms in total. The summed E-state index contributed by atoms with van der Waals surface area (Å²) in [4.78, 5) is 21.2. The third-order valence-corrected chi connectivity index (χ3v) is 7.28. The van der Waals surface area contributed by atoms with Crippen LogP contribution in [0.3, 0.4) is 0 Å². The zero-order valence-electron chi connectivity index (χ0n) is 21.3. The van der Waals surface area contributed by atoms with Crippen molar-refractivity contribution in [1.82, 2.24) is 30.0 Å². The number of aromatic nitrogens is 4. The number of aryl methyl sites for hydroxylation is 2. The van der Waals surface area contributed by atoms with Gasteiger partial charge in [-0.1, -0.05) is 25.1 Å². The standard InChI is InChI=1S/C27H36N8O.CH4/c1-21-3-9-25(10-4-21)34-19-17-33(18-20-34)14-13-26(36)35-15-11-24(12-16-35)28-23-7-5-22(6-8-23)27-29-31-32(2)30-27;/h3-10,24,28H,11-20H2,1-2H3;1H4. The van der Waals surface area contributed by atoms with Crippen molar-refractivity contribution >= 4 is 17.3 Å². The number of likely N-dealkylation sites (tertiary alicyclic amines) is 1. The van der Waals surface area contributed by atoms with Crippen LogP contribution in [0.2, 0.25) is 0 Å². The largest absolute Gasteiger partial charge is 0.382 e. The summed E-state index contributed by atoms with van der Waals surface area (Å²) in [6.45, 7) is 8.67. The Hall–Kier alpha value is -3.46. The summed E-state index contributed by atoms with van der Waals surface area (Å²) in [5.74, 6) is 0.916. The molecule has 37 heavy (non-hydrogen) atoms. The van der Waals surface area contributed by atoms with Crippen molar-refractivity contribution in [2.24, 2.45) is 7.05 Å². The lowest BCUT2D eigenvalue weighted by Crippen LogP contribution is -2.48. The molecule has 3 aromatic rings. The first-order valence-corrected chi connectivity index (χ1v) is 13.0. The average molecular weight is 505 g/mol. The number of rotatable bonds is 7. The van der Waals surface area contributed by atoms with Crippen LogP contribution in [0.25, 0.3) is 11.4 Å². The van der Waals surface area contributed by atoms with Crippen LogP contribution in [0.15, 0.2) is 48.5 Å². The first-order chi connectivity index (χ1) is 17.5. The molecule has 3 heterocycles. The van der Waals surface area contributed by atoms with E-state index in [0.29, 0.717) is 18.3 Å². The van der Waals surface area contributed by atoms with Gasteiger partial charge in [-0.15, -0.1) is 10.2 Å². The molecule has 9 heteroatoms. The van der Waals surface area contributed by atoms with Crippen LogP contribution in [0, 0.1) is 6.92 Å². The Kier molecular flexibility index (Phi) is 8.76. The van der Waals surface area contributed by atoms with Crippen molar-refractivity contribution in [3.05, 3.63) is 54.1 Å². The molecule has 0 unspecified atom stereocenters. The van der Waals surface area contributed by atoms with Gasteiger partial charge in [-0.25, -0.2) is 0 Å². The number of carbonyl (C=O) groups excluding carboxylic acids is 1. The highest BCUT2D eigenvalue weighted by molar-refractivity contribution is 5.76. The molecule has 1 N–H and O–H groups in total. The molecule has 1 amide bonds. The summed E-state index contributed by atoms with van der Waals surface area (Å²) in [6.07, 6.45) is 2.55. The zero-order valence-corrected chi connectivity index (χ0v) is 21.3. The van der Waals surface area contributed by atoms with E-state index in [-0.39, 0.29) is 13.3 Å². The van der Waals surface area contributed by atoms with Gasteiger partial charge in [0.15, 0.2) is 0 Å². The normalized spacial score (nSPS) is 16.9. The Morgan fingerprint density at radius 3 is 2.24 bits per heavy atom. The van der Waals surface area contributed by atoms with E-state index in [0.717, 1.165) is 69.9 Å². The van der Waals surface area contributed by atoms with E-state index in [9.17, 15) is 4.79 Å². The summed E-state index contributed by atoms with van der Waals surface area (Å²) in [7, 11) is 1.76. The number of piperidine rings is 1. The number of anilines is 2. The van der Waals surface area contributed by atoms with Crippen LogP contribution < -0.4 is 10.2 Å². The van der Waals surface area contributed by atoms with Crippen molar-refractivity contribution in [3.8, 4) is 11.4 Å². The van der Waals surface area contributed by atoms with Crippen LogP contribution in [-0.4, -0.2) is 87.8 Å². The third-order valence-electron chi connectivity index (χ3n) is 7.28. The number of hydrogen-bond donors (Lipinski definition) is 1. The van der Waals surface area contributed by atoms with E-state index >= 15 is 0 Å². The third kappa shape index (κ3) is 6.85. The summed E-state index contributed by atoms with van der Waals surface area (Å²) in [5, 5.41) is 15.8. The lowest BCUT2D eigenvalue weighted by atomic mass is 10.0. The van der Waals surface area contributed by atoms with Crippen LogP contribution in [-0.2, 0) is 11.8 Å². The lowest BCUT2D eigenvalue weighted by Gasteiger charge is -2.37. The zero-order chi connectivity index (χ0) is 24.9. The number of carbonyl (C=O) groups is 1. The highest BCUT2D eigenvalue weighted by Gasteiger charge is 2.24. The van der Waals surface area contributed by atoms with Gasteiger partial charge in [0.2, 0.25) is 11.7 Å². The minimum absolute atomic E-state index is 0. The molecule has 0 bridgehead atoms. The quantitative estimate of drug-likeness (QED) is 0.528. The van der Waals surface area contributed by atoms with E-state index in [1.165, 1.54) is 16.0 Å². The average Bonchev–Trinajstić information content (AvgIpc) is 3.35. The molecule has 0 spiro atoms. The summed E-state index contributed by atoms with van der Waals surface area (Å²) in [6, 6.07) is 17.3. The van der Waals surface area contributed by atoms with Crippen molar-refractivity contribution in [2.45, 2.75) is 39.7 Å². The molecule has 0 radical (unpaired) electrons. The van der Waals surface area contributed by atoms with Gasteiger partial charge in [0.25, 0.3) is 0 Å². The second-order valence-electron chi connectivity index (χ2n) is 9.89. The van der Waals surface area contributed by atoms with Crippen molar-refractivity contribution in [3.63, 3.8) is 0 Å². The predicted molar refractivity (Wildman–Crippen MR) is 149 cm³/mol. The van der Waals surface area contributed by atoms with Crippen LogP contribution in [0.5, 0.6) is 0 Å². The molecular formula is C28H40N8O. The molecule has 0 atom stereocenters. The molecule has 5 rings (SSSR count). The van der Waals surface area contributed by atoms with E-state index < -0.39 is 0 Å². The van der Waals surface area contributed by atoms with E-state index in [1.54, 1.807) is 7.05 Å². The Labute approximate surface area is 220 Å². The number of nitrogens with zero attached hydrogens (tertiary/aromatic N) is 7. The number of hydrogen-bond acceptors (Lipinski definition) is 7. The molecule has 2 saturated heterocycles. The van der Waals surface area contributed by atoms with Crippen LogP contribution in [0.4, 0.5) is 11.4 Å². The SMILES string of the molecule is C.Cc1ccc(N2CCN(CCC(=O)N3CCC(Nc4ccc(-c5nnn(C)n5)cc4)CC3)CC2)cc1. The Bertz CT molecular complexity index is 1130. The molecule has 2 fully saturated rings. The number of tetrazole rings is 1. The number of nitrogens with one attached hydrogen (secondary N) is 1. The highest BCUT2D eigenvalue weighted by Crippen LogP contribution is 2.21. The Balaban J connectivity index is 0.00000320. The van der Waals surface area contributed by atoms with Crippen LogP contribution in [0.1, 0.15) is 32.3 Å². The van der Waals surface area contributed by atoms with Crippen molar-refractivity contribution in [1.29, 1.82) is 0 Å². The maximum absolute atomic E-state index is 12.8. The number of benzene rings is 2. The minimum Gasteiger partial charge on any atom is -0.382 e. The van der Waals surface area contributed by atoms with Crippen molar-refractivity contribution < 1.29 is 4.79 Å². The maximum Gasteiger partial charge on any atom is 0.223 e. The second-order valence-corrected chi connectivity index (χ2v) is 9.89. The fraction of sp³-hybridized carbons (Fsp3) is 0.500. The molecule has 0 saturated carbocycles. The lowest BCUT2D eigenvalue weighted by molar-refractivity contribution is -0.132. The Morgan fingerprint density at radius 1 is 0.946 bits per heavy atom. The molecule has 2 aliphatic heterocycles. The van der Waals surface area contributed by atoms with Gasteiger partial charge in [0.05, 0.1) is 7.05 Å². The minimum atomic E-state index is 0. The van der Waals surface area contributed by atoms with Crippen molar-refractivity contribution in [2.75, 3.05) is 56.0 Å². The molecule has 2 aromatic carbocycles. The molecular weight excluding hydrogens is 464 g/mol. The topological polar surface area (TPSA) is 82.4 Å². The second kappa shape index (κ2) is 12.2. The summed E-state index contributed by atoms with van der Waals surface area (Å²) in [5.41, 5.74) is 4.62. The van der Waals surface area contributed by atoms with Gasteiger partial charge >= 0.3 is 0 Å². The fourth-order valence-electron chi connectivity index (χ4n) is 5.02. The molecule has 0 aliphatic carbocycles. The number of piperazine rings is 1. The van der Waals surface area contributed by atoms with Crippen LogP contribution >= 0.6 is 0 Å². The van der Waals surface area contributed by atoms with Gasteiger partial charge in [0.1, 0.15) is 0 Å². The van der Waals surface area contributed by atoms with Gasteiger partial charge in [-0.2, -0.15) is 4.80 Å². The maximum atomic E-state index is 12.8. The highest BCUT2D eigenvalue weighted by atomic mass is 16.2. The Morgan fingerprint density at radius 2 is 1.62 bits per heavy atom. The molecule has 2 aliphatic rings. The first kappa shape index (κ1) is 26.6. The smallest absolute Gasteiger partial charge is 0.223 e. The van der Waals surface area contributed by atoms with E-state index in [2.05, 4.69) is 73.8 Å². The summed E-state index contributed by atoms with van der Waals surface area (Å²) >= 11 is 0. The van der Waals surface area contributed by atoms with Gasteiger partial charge in [0, 0.05) is 75.2 Å². The molecule has 1 aromatic heterocycles. The van der Waals surface area contributed by atoms with E-state index in [1.807, 2.05) is 17.0 Å². The van der Waals surface area contributed by atoms with Gasteiger partial charge in [-0.3, -0.25) is 9.69 Å². The summed E-state index contributed by atoms with van der Waals surface area (Å²) < 4.78 is 0. The number of amides is 1. The first-order valence-electron chi connectivity index (χ1n) is 13.0.